The van der Waals surface area contributed by atoms with Crippen LogP contribution in [-0.2, 0) is 11.2 Å². The first-order chi connectivity index (χ1) is 7.76. The summed E-state index contributed by atoms with van der Waals surface area (Å²) in [5.74, 6) is 0.957. The highest BCUT2D eigenvalue weighted by Gasteiger charge is 2.10. The maximum atomic E-state index is 11.7. The van der Waals surface area contributed by atoms with Gasteiger partial charge in [0.1, 0.15) is 5.78 Å². The van der Waals surface area contributed by atoms with E-state index in [0.29, 0.717) is 18.1 Å². The van der Waals surface area contributed by atoms with Crippen molar-refractivity contribution in [1.29, 1.82) is 0 Å². The summed E-state index contributed by atoms with van der Waals surface area (Å²) in [6.07, 6.45) is 8.03. The van der Waals surface area contributed by atoms with E-state index in [9.17, 15) is 4.79 Å². The van der Waals surface area contributed by atoms with Gasteiger partial charge in [-0.2, -0.15) is 0 Å². The SMILES string of the molecule is CCC(CC)CC(=O)CCc1cccnc1. The number of carbonyl (C=O) groups excluding carboxylic acids is 1. The molecule has 0 saturated carbocycles. The van der Waals surface area contributed by atoms with Crippen LogP contribution in [0.4, 0.5) is 0 Å². The zero-order valence-corrected chi connectivity index (χ0v) is 10.3. The average molecular weight is 219 g/mol. The molecule has 0 aliphatic carbocycles. The van der Waals surface area contributed by atoms with Crippen molar-refractivity contribution in [2.24, 2.45) is 5.92 Å². The molecule has 0 N–H and O–H groups in total. The Bertz CT molecular complexity index is 304. The first-order valence-corrected chi connectivity index (χ1v) is 6.16. The van der Waals surface area contributed by atoms with Crippen molar-refractivity contribution in [3.8, 4) is 0 Å². The van der Waals surface area contributed by atoms with Crippen LogP contribution in [-0.4, -0.2) is 10.8 Å². The van der Waals surface area contributed by atoms with Gasteiger partial charge in [0.05, 0.1) is 0 Å². The van der Waals surface area contributed by atoms with E-state index in [4.69, 9.17) is 0 Å². The molecule has 1 aromatic rings. The normalized spacial score (nSPS) is 10.7. The van der Waals surface area contributed by atoms with Crippen LogP contribution in [0.15, 0.2) is 24.5 Å². The number of Topliss-reactive ketones (excluding diaryl/α,β-unsaturated/α-hetero) is 1. The average Bonchev–Trinajstić information content (AvgIpc) is 2.34. The van der Waals surface area contributed by atoms with E-state index in [0.717, 1.165) is 31.2 Å². The van der Waals surface area contributed by atoms with Crippen molar-refractivity contribution >= 4 is 5.78 Å². The summed E-state index contributed by atoms with van der Waals surface area (Å²) in [6.45, 7) is 4.31. The minimum Gasteiger partial charge on any atom is -0.300 e. The largest absolute Gasteiger partial charge is 0.300 e. The monoisotopic (exact) mass is 219 g/mol. The Labute approximate surface area is 98.1 Å². The number of carbonyl (C=O) groups is 1. The van der Waals surface area contributed by atoms with E-state index in [1.165, 1.54) is 0 Å². The Balaban J connectivity index is 2.30. The van der Waals surface area contributed by atoms with Crippen LogP contribution < -0.4 is 0 Å². The summed E-state index contributed by atoms with van der Waals surface area (Å²) in [5, 5.41) is 0. The lowest BCUT2D eigenvalue weighted by Gasteiger charge is -2.10. The molecule has 0 spiro atoms. The quantitative estimate of drug-likeness (QED) is 0.703. The van der Waals surface area contributed by atoms with Gasteiger partial charge >= 0.3 is 0 Å². The van der Waals surface area contributed by atoms with Crippen molar-refractivity contribution in [2.45, 2.75) is 46.0 Å². The third-order valence-corrected chi connectivity index (χ3v) is 3.09. The van der Waals surface area contributed by atoms with Gasteiger partial charge in [-0.05, 0) is 24.0 Å². The summed E-state index contributed by atoms with van der Waals surface area (Å²) in [5.41, 5.74) is 1.15. The third kappa shape index (κ3) is 4.56. The second-order valence-corrected chi connectivity index (χ2v) is 4.29. The lowest BCUT2D eigenvalue weighted by atomic mass is 9.94. The predicted molar refractivity (Wildman–Crippen MR) is 66.3 cm³/mol. The van der Waals surface area contributed by atoms with Gasteiger partial charge in [-0.1, -0.05) is 32.8 Å². The van der Waals surface area contributed by atoms with Crippen LogP contribution in [0.1, 0.15) is 45.1 Å². The number of aryl methyl sites for hydroxylation is 1. The van der Waals surface area contributed by atoms with Gasteiger partial charge in [-0.25, -0.2) is 0 Å². The topological polar surface area (TPSA) is 30.0 Å². The molecule has 0 radical (unpaired) electrons. The Morgan fingerprint density at radius 3 is 2.69 bits per heavy atom. The second-order valence-electron chi connectivity index (χ2n) is 4.29. The highest BCUT2D eigenvalue weighted by molar-refractivity contribution is 5.78. The smallest absolute Gasteiger partial charge is 0.133 e. The summed E-state index contributed by atoms with van der Waals surface area (Å²) >= 11 is 0. The minimum atomic E-state index is 0.387. The van der Waals surface area contributed by atoms with Crippen LogP contribution >= 0.6 is 0 Å². The number of rotatable bonds is 7. The number of pyridine rings is 1. The maximum Gasteiger partial charge on any atom is 0.133 e. The molecular weight excluding hydrogens is 198 g/mol. The van der Waals surface area contributed by atoms with E-state index in [1.54, 1.807) is 6.20 Å². The molecule has 0 amide bonds. The molecule has 1 heterocycles. The Hall–Kier alpha value is -1.18. The molecule has 0 bridgehead atoms. The fourth-order valence-corrected chi connectivity index (χ4v) is 1.83. The molecule has 0 atom stereocenters. The summed E-state index contributed by atoms with van der Waals surface area (Å²) < 4.78 is 0. The standard InChI is InChI=1S/C14H21NO/c1-3-12(4-2)10-14(16)8-7-13-6-5-9-15-11-13/h5-6,9,11-12H,3-4,7-8,10H2,1-2H3. The van der Waals surface area contributed by atoms with Crippen molar-refractivity contribution in [3.05, 3.63) is 30.1 Å². The van der Waals surface area contributed by atoms with Crippen LogP contribution in [0.25, 0.3) is 0 Å². The molecule has 1 rings (SSSR count). The highest BCUT2D eigenvalue weighted by Crippen LogP contribution is 2.14. The number of hydrogen-bond acceptors (Lipinski definition) is 2. The van der Waals surface area contributed by atoms with Gasteiger partial charge < -0.3 is 0 Å². The van der Waals surface area contributed by atoms with E-state index in [1.807, 2.05) is 18.3 Å². The molecule has 0 saturated heterocycles. The molecule has 0 aliphatic heterocycles. The van der Waals surface area contributed by atoms with Gasteiger partial charge in [0.2, 0.25) is 0 Å². The first-order valence-electron chi connectivity index (χ1n) is 6.16. The van der Waals surface area contributed by atoms with Crippen LogP contribution in [0.3, 0.4) is 0 Å². The van der Waals surface area contributed by atoms with E-state index < -0.39 is 0 Å². The Morgan fingerprint density at radius 2 is 2.12 bits per heavy atom. The fourth-order valence-electron chi connectivity index (χ4n) is 1.83. The lowest BCUT2D eigenvalue weighted by molar-refractivity contribution is -0.120. The molecule has 1 aromatic heterocycles. The number of aromatic nitrogens is 1. The zero-order valence-electron chi connectivity index (χ0n) is 10.3. The van der Waals surface area contributed by atoms with Crippen molar-refractivity contribution in [2.75, 3.05) is 0 Å². The van der Waals surface area contributed by atoms with E-state index in [-0.39, 0.29) is 0 Å². The molecule has 2 heteroatoms. The number of nitrogens with zero attached hydrogens (tertiary/aromatic N) is 1. The Morgan fingerprint density at radius 1 is 1.38 bits per heavy atom. The van der Waals surface area contributed by atoms with Gasteiger partial charge in [0, 0.05) is 25.2 Å². The second kappa shape index (κ2) is 7.15. The molecule has 0 aliphatic rings. The molecule has 88 valence electrons. The summed E-state index contributed by atoms with van der Waals surface area (Å²) in [4.78, 5) is 15.8. The van der Waals surface area contributed by atoms with Crippen LogP contribution in [0.2, 0.25) is 0 Å². The number of hydrogen-bond donors (Lipinski definition) is 0. The molecule has 16 heavy (non-hydrogen) atoms. The Kier molecular flexibility index (Phi) is 5.76. The molecular formula is C14H21NO. The fraction of sp³-hybridized carbons (Fsp3) is 0.571. The van der Waals surface area contributed by atoms with E-state index in [2.05, 4.69) is 18.8 Å². The molecule has 2 nitrogen and oxygen atoms in total. The van der Waals surface area contributed by atoms with Gasteiger partial charge in [0.15, 0.2) is 0 Å². The predicted octanol–water partition coefficient (Wildman–Crippen LogP) is 3.41. The third-order valence-electron chi connectivity index (χ3n) is 3.09. The minimum absolute atomic E-state index is 0.387. The number of ketones is 1. The van der Waals surface area contributed by atoms with Gasteiger partial charge in [-0.3, -0.25) is 9.78 Å². The van der Waals surface area contributed by atoms with Crippen LogP contribution in [0, 0.1) is 5.92 Å². The molecule has 0 unspecified atom stereocenters. The summed E-state index contributed by atoms with van der Waals surface area (Å²) in [6, 6.07) is 3.94. The summed E-state index contributed by atoms with van der Waals surface area (Å²) in [7, 11) is 0. The van der Waals surface area contributed by atoms with E-state index >= 15 is 0 Å². The van der Waals surface area contributed by atoms with Crippen molar-refractivity contribution in [3.63, 3.8) is 0 Å². The maximum absolute atomic E-state index is 11.7. The first kappa shape index (κ1) is 12.9. The van der Waals surface area contributed by atoms with Crippen molar-refractivity contribution in [1.82, 2.24) is 4.98 Å². The van der Waals surface area contributed by atoms with Crippen molar-refractivity contribution < 1.29 is 4.79 Å². The zero-order chi connectivity index (χ0) is 11.8. The van der Waals surface area contributed by atoms with Gasteiger partial charge in [-0.15, -0.1) is 0 Å². The molecule has 0 aromatic carbocycles. The van der Waals surface area contributed by atoms with Gasteiger partial charge in [0.25, 0.3) is 0 Å². The molecule has 0 fully saturated rings. The van der Waals surface area contributed by atoms with Crippen LogP contribution in [0.5, 0.6) is 0 Å². The highest BCUT2D eigenvalue weighted by atomic mass is 16.1. The lowest BCUT2D eigenvalue weighted by Crippen LogP contribution is -2.08.